The van der Waals surface area contributed by atoms with E-state index in [2.05, 4.69) is 0 Å². The van der Waals surface area contributed by atoms with Gasteiger partial charge < -0.3 is 10.5 Å². The van der Waals surface area contributed by atoms with Gasteiger partial charge in [-0.05, 0) is 35.6 Å². The number of ether oxygens (including phenoxy) is 1. The number of halogens is 1. The summed E-state index contributed by atoms with van der Waals surface area (Å²) in [4.78, 5) is 0. The van der Waals surface area contributed by atoms with E-state index >= 15 is 0 Å². The number of aryl methyl sites for hydroxylation is 1. The van der Waals surface area contributed by atoms with Crippen LogP contribution in [0.3, 0.4) is 0 Å². The Kier molecular flexibility index (Phi) is 2.69. The quantitative estimate of drug-likeness (QED) is 0.787. The van der Waals surface area contributed by atoms with Crippen molar-refractivity contribution in [3.05, 3.63) is 35.6 Å². The van der Waals surface area contributed by atoms with E-state index in [1.165, 1.54) is 13.2 Å². The van der Waals surface area contributed by atoms with Gasteiger partial charge >= 0.3 is 0 Å². The normalized spacial score (nSPS) is 10.7. The maximum absolute atomic E-state index is 13.6. The van der Waals surface area contributed by atoms with Crippen molar-refractivity contribution in [3.63, 3.8) is 0 Å². The zero-order valence-electron chi connectivity index (χ0n) is 9.38. The molecule has 0 spiro atoms. The average Bonchev–Trinajstić information content (AvgIpc) is 2.28. The fraction of sp³-hybridized carbons (Fsp3) is 0.231. The molecule has 0 unspecified atom stereocenters. The molecule has 16 heavy (non-hydrogen) atoms. The molecule has 0 aliphatic heterocycles. The molecule has 2 N–H and O–H groups in total. The van der Waals surface area contributed by atoms with Gasteiger partial charge in [0.1, 0.15) is 0 Å². The summed E-state index contributed by atoms with van der Waals surface area (Å²) < 4.78 is 18.7. The molecular formula is C13H14FNO. The molecule has 0 atom stereocenters. The van der Waals surface area contributed by atoms with Crippen LogP contribution in [-0.4, -0.2) is 7.11 Å². The number of methoxy groups -OCH3 is 1. The van der Waals surface area contributed by atoms with Crippen LogP contribution >= 0.6 is 0 Å². The lowest BCUT2D eigenvalue weighted by atomic mass is 10.0. The van der Waals surface area contributed by atoms with Crippen LogP contribution in [0.15, 0.2) is 24.3 Å². The van der Waals surface area contributed by atoms with Crippen LogP contribution in [0, 0.1) is 5.82 Å². The van der Waals surface area contributed by atoms with E-state index in [0.717, 1.165) is 22.8 Å². The lowest BCUT2D eigenvalue weighted by molar-refractivity contribution is 0.391. The summed E-state index contributed by atoms with van der Waals surface area (Å²) >= 11 is 0. The molecule has 0 aliphatic carbocycles. The van der Waals surface area contributed by atoms with Crippen LogP contribution in [0.1, 0.15) is 12.5 Å². The molecule has 2 rings (SSSR count). The minimum atomic E-state index is -0.338. The maximum Gasteiger partial charge on any atom is 0.165 e. The van der Waals surface area contributed by atoms with Crippen molar-refractivity contribution < 1.29 is 9.13 Å². The molecule has 0 bridgehead atoms. The number of rotatable bonds is 2. The Balaban J connectivity index is 2.89. The zero-order valence-corrected chi connectivity index (χ0v) is 9.38. The minimum Gasteiger partial charge on any atom is -0.493 e. The zero-order chi connectivity index (χ0) is 11.7. The van der Waals surface area contributed by atoms with E-state index in [0.29, 0.717) is 11.4 Å². The van der Waals surface area contributed by atoms with Gasteiger partial charge in [0.15, 0.2) is 11.6 Å². The Morgan fingerprint density at radius 3 is 2.69 bits per heavy atom. The topological polar surface area (TPSA) is 35.2 Å². The van der Waals surface area contributed by atoms with Gasteiger partial charge in [0.25, 0.3) is 0 Å². The first-order valence-electron chi connectivity index (χ1n) is 5.22. The first-order valence-corrected chi connectivity index (χ1v) is 5.22. The second kappa shape index (κ2) is 4.00. The third kappa shape index (κ3) is 1.58. The van der Waals surface area contributed by atoms with Crippen LogP contribution in [0.4, 0.5) is 10.1 Å². The summed E-state index contributed by atoms with van der Waals surface area (Å²) in [5.74, 6) is -0.0381. The Morgan fingerprint density at radius 1 is 1.31 bits per heavy atom. The Morgan fingerprint density at radius 2 is 2.06 bits per heavy atom. The second-order valence-corrected chi connectivity index (χ2v) is 3.71. The van der Waals surface area contributed by atoms with Gasteiger partial charge in [-0.3, -0.25) is 0 Å². The number of hydrogen-bond acceptors (Lipinski definition) is 2. The highest BCUT2D eigenvalue weighted by Crippen LogP contribution is 2.33. The molecule has 0 saturated heterocycles. The van der Waals surface area contributed by atoms with E-state index in [1.54, 1.807) is 6.07 Å². The Hall–Kier alpha value is -1.77. The number of nitrogen functional groups attached to an aromatic ring is 1. The largest absolute Gasteiger partial charge is 0.493 e. The summed E-state index contributed by atoms with van der Waals surface area (Å²) in [6.07, 6.45) is 0.793. The van der Waals surface area contributed by atoms with E-state index < -0.39 is 0 Å². The molecule has 0 saturated carbocycles. The molecular weight excluding hydrogens is 205 g/mol. The van der Waals surface area contributed by atoms with Crippen LogP contribution < -0.4 is 10.5 Å². The van der Waals surface area contributed by atoms with Crippen molar-refractivity contribution in [2.45, 2.75) is 13.3 Å². The molecule has 2 nitrogen and oxygen atoms in total. The number of nitrogens with two attached hydrogens (primary N) is 1. The molecule has 0 fully saturated rings. The highest BCUT2D eigenvalue weighted by molar-refractivity contribution is 5.93. The molecule has 2 aromatic rings. The minimum absolute atomic E-state index is 0.300. The summed E-state index contributed by atoms with van der Waals surface area (Å²) in [6, 6.07) is 6.82. The van der Waals surface area contributed by atoms with Crippen molar-refractivity contribution in [2.24, 2.45) is 0 Å². The smallest absolute Gasteiger partial charge is 0.165 e. The number of anilines is 1. The number of hydrogen-bond donors (Lipinski definition) is 1. The van der Waals surface area contributed by atoms with Crippen molar-refractivity contribution >= 4 is 16.5 Å². The van der Waals surface area contributed by atoms with Gasteiger partial charge in [-0.15, -0.1) is 0 Å². The van der Waals surface area contributed by atoms with Crippen LogP contribution in [0.25, 0.3) is 10.8 Å². The van der Waals surface area contributed by atoms with Gasteiger partial charge in [-0.1, -0.05) is 13.0 Å². The monoisotopic (exact) mass is 219 g/mol. The van der Waals surface area contributed by atoms with Gasteiger partial charge in [-0.2, -0.15) is 0 Å². The van der Waals surface area contributed by atoms with Crippen molar-refractivity contribution in [2.75, 3.05) is 12.8 Å². The predicted molar refractivity (Wildman–Crippen MR) is 64.2 cm³/mol. The van der Waals surface area contributed by atoms with Crippen LogP contribution in [0.2, 0.25) is 0 Å². The van der Waals surface area contributed by atoms with Crippen molar-refractivity contribution in [3.8, 4) is 5.75 Å². The van der Waals surface area contributed by atoms with E-state index in [9.17, 15) is 4.39 Å². The van der Waals surface area contributed by atoms with Gasteiger partial charge in [-0.25, -0.2) is 4.39 Å². The van der Waals surface area contributed by atoms with Crippen molar-refractivity contribution in [1.82, 2.24) is 0 Å². The lowest BCUT2D eigenvalue weighted by Gasteiger charge is -2.11. The molecule has 0 aliphatic rings. The standard InChI is InChI=1S/C13H14FNO/c1-3-8-6-10(15)7-9-4-5-11(14)13(16-2)12(8)9/h4-7H,3,15H2,1-2H3. The number of fused-ring (bicyclic) bond motifs is 1. The van der Waals surface area contributed by atoms with Gasteiger partial charge in [0.2, 0.25) is 0 Å². The first kappa shape index (κ1) is 10.7. The summed E-state index contributed by atoms with van der Waals surface area (Å²) in [5.41, 5.74) is 7.49. The fourth-order valence-corrected chi connectivity index (χ4v) is 2.00. The predicted octanol–water partition coefficient (Wildman–Crippen LogP) is 3.13. The third-order valence-electron chi connectivity index (χ3n) is 2.71. The average molecular weight is 219 g/mol. The van der Waals surface area contributed by atoms with E-state index in [-0.39, 0.29) is 5.82 Å². The molecule has 2 aromatic carbocycles. The maximum atomic E-state index is 13.6. The summed E-state index contributed by atoms with van der Waals surface area (Å²) in [6.45, 7) is 2.01. The fourth-order valence-electron chi connectivity index (χ4n) is 2.00. The Labute approximate surface area is 93.8 Å². The molecule has 0 heterocycles. The van der Waals surface area contributed by atoms with Gasteiger partial charge in [0.05, 0.1) is 7.11 Å². The lowest BCUT2D eigenvalue weighted by Crippen LogP contribution is -1.95. The van der Waals surface area contributed by atoms with E-state index in [4.69, 9.17) is 10.5 Å². The number of benzene rings is 2. The van der Waals surface area contributed by atoms with Crippen LogP contribution in [0.5, 0.6) is 5.75 Å². The highest BCUT2D eigenvalue weighted by atomic mass is 19.1. The SMILES string of the molecule is CCc1cc(N)cc2ccc(F)c(OC)c12. The summed E-state index contributed by atoms with van der Waals surface area (Å²) in [5, 5.41) is 1.73. The molecule has 0 amide bonds. The molecule has 84 valence electrons. The van der Waals surface area contributed by atoms with E-state index in [1.807, 2.05) is 19.1 Å². The molecule has 3 heteroatoms. The van der Waals surface area contributed by atoms with Crippen LogP contribution in [-0.2, 0) is 6.42 Å². The van der Waals surface area contributed by atoms with Crippen molar-refractivity contribution in [1.29, 1.82) is 0 Å². The Bertz CT molecular complexity index is 537. The van der Waals surface area contributed by atoms with Gasteiger partial charge in [0, 0.05) is 11.1 Å². The molecule has 0 radical (unpaired) electrons. The first-order chi connectivity index (χ1) is 7.67. The third-order valence-corrected chi connectivity index (χ3v) is 2.71. The second-order valence-electron chi connectivity index (χ2n) is 3.71. The highest BCUT2D eigenvalue weighted by Gasteiger charge is 2.11. The molecule has 0 aromatic heterocycles. The summed E-state index contributed by atoms with van der Waals surface area (Å²) in [7, 11) is 1.48.